The number of piperazine rings is 1. The molecule has 10 nitrogen and oxygen atoms in total. The van der Waals surface area contributed by atoms with Gasteiger partial charge in [0.2, 0.25) is 0 Å². The summed E-state index contributed by atoms with van der Waals surface area (Å²) >= 11 is 0. The van der Waals surface area contributed by atoms with E-state index in [1.54, 1.807) is 36.2 Å². The highest BCUT2D eigenvalue weighted by Gasteiger charge is 2.31. The highest BCUT2D eigenvalue weighted by molar-refractivity contribution is 6.45. The Bertz CT molecular complexity index is 1400. The molecule has 4 aromatic rings. The molecule has 0 bridgehead atoms. The molecule has 0 saturated carbocycles. The number of fused-ring (bicyclic) bond motifs is 1. The summed E-state index contributed by atoms with van der Waals surface area (Å²) < 4.78 is 16.2. The van der Waals surface area contributed by atoms with Crippen molar-refractivity contribution in [3.8, 4) is 11.5 Å². The number of aryl methyl sites for hydroxylation is 1. The second-order valence-electron chi connectivity index (χ2n) is 7.89. The molecule has 0 radical (unpaired) electrons. The summed E-state index contributed by atoms with van der Waals surface area (Å²) in [4.78, 5) is 52.8. The number of hydrogen-bond donors (Lipinski definition) is 1. The van der Waals surface area contributed by atoms with Crippen molar-refractivity contribution in [3.63, 3.8) is 0 Å². The summed E-state index contributed by atoms with van der Waals surface area (Å²) in [5.74, 6) is -2.04. The van der Waals surface area contributed by atoms with E-state index in [1.165, 1.54) is 22.1 Å². The first-order valence-electron chi connectivity index (χ1n) is 10.6. The Kier molecular flexibility index (Phi) is 5.36. The first-order valence-corrected chi connectivity index (χ1v) is 10.6. The molecule has 2 amide bonds. The van der Waals surface area contributed by atoms with Gasteiger partial charge in [-0.15, -0.1) is 0 Å². The number of pyridine rings is 1. The third-order valence-corrected chi connectivity index (χ3v) is 5.90. The molecule has 1 N–H and O–H groups in total. The van der Waals surface area contributed by atoms with Crippen LogP contribution in [0.2, 0.25) is 0 Å². The summed E-state index contributed by atoms with van der Waals surface area (Å²) in [6.07, 6.45) is 3.65. The Balaban J connectivity index is 1.35. The zero-order valence-electron chi connectivity index (χ0n) is 18.2. The fourth-order valence-corrected chi connectivity index (χ4v) is 4.10. The van der Waals surface area contributed by atoms with Crippen molar-refractivity contribution >= 4 is 28.5 Å². The predicted molar refractivity (Wildman–Crippen MR) is 119 cm³/mol. The van der Waals surface area contributed by atoms with Crippen molar-refractivity contribution in [2.45, 2.75) is 0 Å². The van der Waals surface area contributed by atoms with E-state index in [9.17, 15) is 18.8 Å². The second-order valence-corrected chi connectivity index (χ2v) is 7.89. The molecule has 34 heavy (non-hydrogen) atoms. The van der Waals surface area contributed by atoms with E-state index in [2.05, 4.69) is 20.1 Å². The van der Waals surface area contributed by atoms with E-state index >= 15 is 0 Å². The topological polar surface area (TPSA) is 117 Å². The van der Waals surface area contributed by atoms with Crippen molar-refractivity contribution in [2.75, 3.05) is 26.2 Å². The molecule has 0 spiro atoms. The van der Waals surface area contributed by atoms with Crippen LogP contribution in [0, 0.1) is 5.82 Å². The van der Waals surface area contributed by atoms with E-state index < -0.39 is 17.5 Å². The lowest BCUT2D eigenvalue weighted by Gasteiger charge is -2.34. The van der Waals surface area contributed by atoms with Gasteiger partial charge in [-0.2, -0.15) is 5.10 Å². The van der Waals surface area contributed by atoms with Gasteiger partial charge in [0.25, 0.3) is 17.6 Å². The molecule has 1 aromatic carbocycles. The Hall–Kier alpha value is -4.41. The van der Waals surface area contributed by atoms with Crippen LogP contribution in [0.3, 0.4) is 0 Å². The molecule has 1 fully saturated rings. The average Bonchev–Trinajstić information content (AvgIpc) is 3.51. The van der Waals surface area contributed by atoms with Gasteiger partial charge in [-0.3, -0.25) is 14.4 Å². The smallest absolute Gasteiger partial charge is 0.295 e. The summed E-state index contributed by atoms with van der Waals surface area (Å²) in [5.41, 5.74) is 1.06. The number of hydrogen-bond acceptors (Lipinski definition) is 6. The zero-order chi connectivity index (χ0) is 23.8. The Morgan fingerprint density at radius 2 is 1.71 bits per heavy atom. The van der Waals surface area contributed by atoms with Crippen molar-refractivity contribution < 1.29 is 18.8 Å². The van der Waals surface area contributed by atoms with E-state index in [0.717, 1.165) is 6.20 Å². The molecule has 4 heterocycles. The quantitative estimate of drug-likeness (QED) is 0.365. The van der Waals surface area contributed by atoms with E-state index in [-0.39, 0.29) is 35.5 Å². The molecular formula is C23H20FN7O3. The fraction of sp³-hybridized carbons (Fsp3) is 0.217. The van der Waals surface area contributed by atoms with Gasteiger partial charge in [-0.1, -0.05) is 18.2 Å². The van der Waals surface area contributed by atoms with Gasteiger partial charge in [0, 0.05) is 45.0 Å². The van der Waals surface area contributed by atoms with Gasteiger partial charge in [-0.05, 0) is 12.1 Å². The van der Waals surface area contributed by atoms with Crippen LogP contribution in [0.4, 0.5) is 4.39 Å². The lowest BCUT2D eigenvalue weighted by atomic mass is 10.1. The summed E-state index contributed by atoms with van der Waals surface area (Å²) in [7, 11) is 1.67. The number of ketones is 1. The Morgan fingerprint density at radius 3 is 2.38 bits per heavy atom. The van der Waals surface area contributed by atoms with Crippen LogP contribution in [0.1, 0.15) is 20.7 Å². The van der Waals surface area contributed by atoms with Gasteiger partial charge in [0.15, 0.2) is 11.6 Å². The van der Waals surface area contributed by atoms with Crippen LogP contribution in [0.15, 0.2) is 49.1 Å². The molecule has 1 aliphatic rings. The third-order valence-electron chi connectivity index (χ3n) is 5.90. The normalized spacial score (nSPS) is 13.9. The number of carbonyl (C=O) groups excluding carboxylic acids is 3. The van der Waals surface area contributed by atoms with Gasteiger partial charge in [0.1, 0.15) is 12.0 Å². The third kappa shape index (κ3) is 3.60. The fourth-order valence-electron chi connectivity index (χ4n) is 4.10. The molecule has 172 valence electrons. The van der Waals surface area contributed by atoms with E-state index in [0.29, 0.717) is 30.2 Å². The number of aromatic amines is 1. The van der Waals surface area contributed by atoms with Gasteiger partial charge >= 0.3 is 0 Å². The number of Topliss-reactive ketones (excluding diaryl/α,β-unsaturated/α-hetero) is 1. The number of aromatic nitrogens is 5. The lowest BCUT2D eigenvalue weighted by Crippen LogP contribution is -2.52. The minimum Gasteiger partial charge on any atom is -0.358 e. The van der Waals surface area contributed by atoms with Crippen LogP contribution >= 0.6 is 0 Å². The Labute approximate surface area is 193 Å². The molecule has 3 aromatic heterocycles. The molecular weight excluding hydrogens is 441 g/mol. The second kappa shape index (κ2) is 8.50. The standard InChI is InChI=1S/C23H20FN7O3/c1-29-21(27-13-28-29)19-18-17(16(24)12-26-19)15(11-25-18)20(32)23(34)31-9-7-30(8-10-31)22(33)14-5-3-2-4-6-14/h2-6,11-13,25H,7-10H2,1H3. The van der Waals surface area contributed by atoms with Crippen molar-refractivity contribution in [1.82, 2.24) is 34.5 Å². The molecule has 11 heteroatoms. The first-order chi connectivity index (χ1) is 16.5. The SMILES string of the molecule is Cn1ncnc1-c1ncc(F)c2c(C(=O)C(=O)N3CCN(C(=O)c4ccccc4)CC3)c[nH]c12. The van der Waals surface area contributed by atoms with Crippen molar-refractivity contribution in [2.24, 2.45) is 7.05 Å². The number of carbonyl (C=O) groups is 3. The zero-order valence-corrected chi connectivity index (χ0v) is 18.2. The summed E-state index contributed by atoms with van der Waals surface area (Å²) in [6, 6.07) is 8.88. The molecule has 1 aliphatic heterocycles. The molecule has 0 aliphatic carbocycles. The first kappa shape index (κ1) is 21.4. The number of benzene rings is 1. The molecule has 5 rings (SSSR count). The number of nitrogens with zero attached hydrogens (tertiary/aromatic N) is 6. The van der Waals surface area contributed by atoms with E-state index in [1.807, 2.05) is 6.07 Å². The maximum Gasteiger partial charge on any atom is 0.295 e. The lowest BCUT2D eigenvalue weighted by molar-refractivity contribution is -0.127. The summed E-state index contributed by atoms with van der Waals surface area (Å²) in [6.45, 7) is 1.02. The minimum absolute atomic E-state index is 0.0239. The predicted octanol–water partition coefficient (Wildman–Crippen LogP) is 1.66. The van der Waals surface area contributed by atoms with Crippen LogP contribution in [-0.4, -0.2) is 78.3 Å². The monoisotopic (exact) mass is 461 g/mol. The van der Waals surface area contributed by atoms with Crippen molar-refractivity contribution in [1.29, 1.82) is 0 Å². The molecule has 0 atom stereocenters. The van der Waals surface area contributed by atoms with Gasteiger partial charge in [0.05, 0.1) is 22.7 Å². The average molecular weight is 461 g/mol. The number of amides is 2. The maximum absolute atomic E-state index is 14.7. The Morgan fingerprint density at radius 1 is 1.00 bits per heavy atom. The molecule has 0 unspecified atom stereocenters. The van der Waals surface area contributed by atoms with Crippen LogP contribution in [0.25, 0.3) is 22.4 Å². The largest absolute Gasteiger partial charge is 0.358 e. The number of H-pyrrole nitrogens is 1. The van der Waals surface area contributed by atoms with E-state index in [4.69, 9.17) is 0 Å². The molecule has 1 saturated heterocycles. The van der Waals surface area contributed by atoms with Crippen LogP contribution in [0.5, 0.6) is 0 Å². The highest BCUT2D eigenvalue weighted by Crippen LogP contribution is 2.29. The van der Waals surface area contributed by atoms with Crippen LogP contribution in [-0.2, 0) is 11.8 Å². The maximum atomic E-state index is 14.7. The van der Waals surface area contributed by atoms with Crippen LogP contribution < -0.4 is 0 Å². The minimum atomic E-state index is -0.830. The summed E-state index contributed by atoms with van der Waals surface area (Å²) in [5, 5.41) is 3.97. The van der Waals surface area contributed by atoms with Crippen molar-refractivity contribution in [3.05, 3.63) is 66.0 Å². The number of rotatable bonds is 4. The van der Waals surface area contributed by atoms with Gasteiger partial charge < -0.3 is 14.8 Å². The highest BCUT2D eigenvalue weighted by atomic mass is 19.1. The van der Waals surface area contributed by atoms with Gasteiger partial charge in [-0.25, -0.2) is 19.0 Å². The number of nitrogens with one attached hydrogen (secondary N) is 1. The number of halogens is 1.